The summed E-state index contributed by atoms with van der Waals surface area (Å²) in [4.78, 5) is 0. The topological polar surface area (TPSA) is 50.7 Å². The van der Waals surface area contributed by atoms with Gasteiger partial charge in [-0.2, -0.15) is 0 Å². The lowest BCUT2D eigenvalue weighted by Crippen LogP contribution is -2.20. The number of ether oxygens (including phenoxy) is 2. The first-order valence-corrected chi connectivity index (χ1v) is 6.56. The molecule has 1 aromatic rings. The third-order valence-electron chi connectivity index (χ3n) is 3.01. The van der Waals surface area contributed by atoms with Crippen LogP contribution in [0.3, 0.4) is 0 Å². The van der Waals surface area contributed by atoms with Gasteiger partial charge in [-0.3, -0.25) is 0 Å². The Morgan fingerprint density at radius 2 is 1.83 bits per heavy atom. The Bertz CT molecular complexity index is 333. The molecule has 0 atom stereocenters. The van der Waals surface area contributed by atoms with Crippen molar-refractivity contribution in [3.05, 3.63) is 29.8 Å². The van der Waals surface area contributed by atoms with E-state index in [0.717, 1.165) is 45.6 Å². The maximum atomic E-state index is 9.16. The SMILES string of the molecule is Oc1ccc(CCNCCCC2OCCO2)cc1. The van der Waals surface area contributed by atoms with Gasteiger partial charge >= 0.3 is 0 Å². The van der Waals surface area contributed by atoms with E-state index in [1.165, 1.54) is 5.56 Å². The zero-order chi connectivity index (χ0) is 12.6. The summed E-state index contributed by atoms with van der Waals surface area (Å²) >= 11 is 0. The average molecular weight is 251 g/mol. The molecule has 2 rings (SSSR count). The highest BCUT2D eigenvalue weighted by Crippen LogP contribution is 2.10. The fourth-order valence-corrected chi connectivity index (χ4v) is 1.99. The predicted octanol–water partition coefficient (Wildman–Crippen LogP) is 1.68. The number of phenolic OH excluding ortho intramolecular Hbond substituents is 1. The minimum Gasteiger partial charge on any atom is -0.508 e. The standard InChI is InChI=1S/C14H21NO3/c16-13-5-3-12(4-6-13)7-9-15-8-1-2-14-17-10-11-18-14/h3-6,14-16H,1-2,7-11H2. The Hall–Kier alpha value is -1.10. The third kappa shape index (κ3) is 4.64. The van der Waals surface area contributed by atoms with Crippen LogP contribution in [0.5, 0.6) is 5.75 Å². The minimum absolute atomic E-state index is 0.0175. The monoisotopic (exact) mass is 251 g/mol. The Balaban J connectivity index is 1.49. The van der Waals surface area contributed by atoms with Gasteiger partial charge in [0.2, 0.25) is 0 Å². The van der Waals surface area contributed by atoms with Crippen LogP contribution >= 0.6 is 0 Å². The molecule has 2 N–H and O–H groups in total. The number of benzene rings is 1. The molecule has 100 valence electrons. The van der Waals surface area contributed by atoms with Crippen LogP contribution in [0.15, 0.2) is 24.3 Å². The van der Waals surface area contributed by atoms with Crippen molar-refractivity contribution in [3.8, 4) is 5.75 Å². The Morgan fingerprint density at radius 3 is 2.56 bits per heavy atom. The summed E-state index contributed by atoms with van der Waals surface area (Å²) in [6.45, 7) is 3.41. The van der Waals surface area contributed by atoms with E-state index in [0.29, 0.717) is 5.75 Å². The lowest BCUT2D eigenvalue weighted by Gasteiger charge is -2.09. The van der Waals surface area contributed by atoms with E-state index < -0.39 is 0 Å². The molecule has 4 heteroatoms. The van der Waals surface area contributed by atoms with E-state index in [1.54, 1.807) is 12.1 Å². The van der Waals surface area contributed by atoms with Gasteiger partial charge in [0.1, 0.15) is 5.75 Å². The highest BCUT2D eigenvalue weighted by atomic mass is 16.7. The summed E-state index contributed by atoms with van der Waals surface area (Å²) in [5.41, 5.74) is 1.24. The molecular weight excluding hydrogens is 230 g/mol. The molecule has 1 aliphatic rings. The first-order valence-electron chi connectivity index (χ1n) is 6.56. The van der Waals surface area contributed by atoms with Crippen LogP contribution in [0.4, 0.5) is 0 Å². The zero-order valence-electron chi connectivity index (χ0n) is 10.6. The molecule has 0 saturated carbocycles. The summed E-state index contributed by atoms with van der Waals surface area (Å²) in [5, 5.41) is 12.6. The predicted molar refractivity (Wildman–Crippen MR) is 69.6 cm³/mol. The van der Waals surface area contributed by atoms with Crippen molar-refractivity contribution < 1.29 is 14.6 Å². The second-order valence-corrected chi connectivity index (χ2v) is 4.48. The molecule has 1 aromatic carbocycles. The minimum atomic E-state index is 0.0175. The number of hydrogen-bond acceptors (Lipinski definition) is 4. The van der Waals surface area contributed by atoms with E-state index in [1.807, 2.05) is 12.1 Å². The lowest BCUT2D eigenvalue weighted by atomic mass is 10.1. The molecule has 1 heterocycles. The van der Waals surface area contributed by atoms with Crippen molar-refractivity contribution in [2.24, 2.45) is 0 Å². The van der Waals surface area contributed by atoms with Gasteiger partial charge in [-0.1, -0.05) is 12.1 Å². The largest absolute Gasteiger partial charge is 0.508 e. The van der Waals surface area contributed by atoms with E-state index in [9.17, 15) is 0 Å². The molecule has 0 spiro atoms. The molecule has 18 heavy (non-hydrogen) atoms. The van der Waals surface area contributed by atoms with Gasteiger partial charge in [-0.05, 0) is 50.0 Å². The molecule has 0 bridgehead atoms. The summed E-state index contributed by atoms with van der Waals surface area (Å²) in [6, 6.07) is 7.36. The van der Waals surface area contributed by atoms with Crippen molar-refractivity contribution in [3.63, 3.8) is 0 Å². The van der Waals surface area contributed by atoms with Crippen LogP contribution in [0, 0.1) is 0 Å². The number of phenols is 1. The summed E-state index contributed by atoms with van der Waals surface area (Å²) in [5.74, 6) is 0.322. The van der Waals surface area contributed by atoms with Crippen molar-refractivity contribution in [2.45, 2.75) is 25.6 Å². The van der Waals surface area contributed by atoms with E-state index in [2.05, 4.69) is 5.32 Å². The van der Waals surface area contributed by atoms with Gasteiger partial charge in [0.15, 0.2) is 6.29 Å². The molecule has 0 unspecified atom stereocenters. The summed E-state index contributed by atoms with van der Waals surface area (Å²) in [7, 11) is 0. The van der Waals surface area contributed by atoms with E-state index >= 15 is 0 Å². The first-order chi connectivity index (χ1) is 8.84. The number of nitrogens with one attached hydrogen (secondary N) is 1. The molecule has 1 saturated heterocycles. The molecule has 1 fully saturated rings. The van der Waals surface area contributed by atoms with Crippen LogP contribution < -0.4 is 5.32 Å². The van der Waals surface area contributed by atoms with Crippen LogP contribution in [0.1, 0.15) is 18.4 Å². The van der Waals surface area contributed by atoms with Gasteiger partial charge in [0, 0.05) is 0 Å². The van der Waals surface area contributed by atoms with Gasteiger partial charge in [-0.25, -0.2) is 0 Å². The highest BCUT2D eigenvalue weighted by molar-refractivity contribution is 5.25. The fourth-order valence-electron chi connectivity index (χ4n) is 1.99. The van der Waals surface area contributed by atoms with E-state index in [-0.39, 0.29) is 6.29 Å². The molecule has 0 amide bonds. The number of aromatic hydroxyl groups is 1. The summed E-state index contributed by atoms with van der Waals surface area (Å²) < 4.78 is 10.7. The van der Waals surface area contributed by atoms with Gasteiger partial charge in [0.25, 0.3) is 0 Å². The highest BCUT2D eigenvalue weighted by Gasteiger charge is 2.14. The van der Waals surface area contributed by atoms with Gasteiger partial charge in [0.05, 0.1) is 13.2 Å². The number of hydrogen-bond donors (Lipinski definition) is 2. The molecule has 0 aliphatic carbocycles. The van der Waals surface area contributed by atoms with Crippen LogP contribution in [-0.2, 0) is 15.9 Å². The van der Waals surface area contributed by atoms with Gasteiger partial charge in [-0.15, -0.1) is 0 Å². The second kappa shape index (κ2) is 7.36. The van der Waals surface area contributed by atoms with Crippen molar-refractivity contribution >= 4 is 0 Å². The van der Waals surface area contributed by atoms with Crippen molar-refractivity contribution in [2.75, 3.05) is 26.3 Å². The molecule has 1 aliphatic heterocycles. The van der Waals surface area contributed by atoms with Crippen LogP contribution in [0.25, 0.3) is 0 Å². The summed E-state index contributed by atoms with van der Waals surface area (Å²) in [6.07, 6.45) is 3.03. The van der Waals surface area contributed by atoms with Crippen LogP contribution in [0.2, 0.25) is 0 Å². The Kier molecular flexibility index (Phi) is 5.45. The quantitative estimate of drug-likeness (QED) is 0.724. The number of rotatable bonds is 7. The van der Waals surface area contributed by atoms with Crippen molar-refractivity contribution in [1.29, 1.82) is 0 Å². The lowest BCUT2D eigenvalue weighted by molar-refractivity contribution is -0.0475. The maximum absolute atomic E-state index is 9.16. The molecular formula is C14H21NO3. The molecule has 0 radical (unpaired) electrons. The van der Waals surface area contributed by atoms with Crippen molar-refractivity contribution in [1.82, 2.24) is 5.32 Å². The maximum Gasteiger partial charge on any atom is 0.157 e. The Labute approximate surface area is 108 Å². The third-order valence-corrected chi connectivity index (χ3v) is 3.01. The molecule has 4 nitrogen and oxygen atoms in total. The average Bonchev–Trinajstić information content (AvgIpc) is 2.89. The first kappa shape index (κ1) is 13.3. The van der Waals surface area contributed by atoms with Gasteiger partial charge < -0.3 is 19.9 Å². The van der Waals surface area contributed by atoms with Crippen LogP contribution in [-0.4, -0.2) is 37.7 Å². The molecule has 0 aromatic heterocycles. The normalized spacial score (nSPS) is 16.2. The smallest absolute Gasteiger partial charge is 0.157 e. The van der Waals surface area contributed by atoms with E-state index in [4.69, 9.17) is 14.6 Å². The Morgan fingerprint density at radius 1 is 1.11 bits per heavy atom. The fraction of sp³-hybridized carbons (Fsp3) is 0.571. The second-order valence-electron chi connectivity index (χ2n) is 4.48. The zero-order valence-corrected chi connectivity index (χ0v) is 10.6.